The van der Waals surface area contributed by atoms with Crippen LogP contribution in [0, 0.1) is 0 Å². The van der Waals surface area contributed by atoms with Crippen molar-refractivity contribution in [3.05, 3.63) is 142 Å². The summed E-state index contributed by atoms with van der Waals surface area (Å²) >= 11 is 13.0. The molecular weight excluding hydrogens is 582 g/mol. The molecule has 0 spiro atoms. The number of carbonyl (C=O) groups is 1. The number of hydrogen-bond acceptors (Lipinski definition) is 5. The minimum absolute atomic E-state index is 0.111. The Morgan fingerprint density at radius 1 is 0.952 bits per heavy atom. The van der Waals surface area contributed by atoms with Crippen molar-refractivity contribution in [3.63, 3.8) is 0 Å². The van der Waals surface area contributed by atoms with Gasteiger partial charge in [0.25, 0.3) is 5.91 Å². The van der Waals surface area contributed by atoms with Crippen molar-refractivity contribution in [1.82, 2.24) is 14.7 Å². The smallest absolute Gasteiger partial charge is 0.266 e. The largest absolute Gasteiger partial charge is 0.489 e. The first kappa shape index (κ1) is 28.0. The van der Waals surface area contributed by atoms with Gasteiger partial charge in [-0.25, -0.2) is 4.68 Å². The van der Waals surface area contributed by atoms with Crippen LogP contribution in [0.25, 0.3) is 23.0 Å². The third-order valence-electron chi connectivity index (χ3n) is 6.97. The van der Waals surface area contributed by atoms with Crippen molar-refractivity contribution in [2.45, 2.75) is 19.6 Å². The Hall–Kier alpha value is -4.17. The molecule has 1 saturated heterocycles. The Morgan fingerprint density at radius 3 is 2.40 bits per heavy atom. The van der Waals surface area contributed by atoms with Gasteiger partial charge in [0.05, 0.1) is 16.6 Å². The maximum atomic E-state index is 13.6. The molecule has 0 saturated carbocycles. The molecule has 1 amide bonds. The Kier molecular flexibility index (Phi) is 8.24. The lowest BCUT2D eigenvalue weighted by molar-refractivity contribution is -0.123. The number of nitrogens with zero attached hydrogens (tertiary/aromatic N) is 3. The fraction of sp³-hybridized carbons (Fsp3) is 0.0882. The topological polar surface area (TPSA) is 47.4 Å². The second-order valence-corrected chi connectivity index (χ2v) is 11.9. The van der Waals surface area contributed by atoms with Crippen molar-refractivity contribution in [2.75, 3.05) is 0 Å². The van der Waals surface area contributed by atoms with Gasteiger partial charge in [-0.15, -0.1) is 0 Å². The number of carbonyl (C=O) groups excluding carboxylic acids is 1. The van der Waals surface area contributed by atoms with Crippen LogP contribution in [0.2, 0.25) is 5.02 Å². The first-order valence-corrected chi connectivity index (χ1v) is 15.0. The van der Waals surface area contributed by atoms with Crippen LogP contribution >= 0.6 is 35.6 Å². The van der Waals surface area contributed by atoms with E-state index >= 15 is 0 Å². The Labute approximate surface area is 259 Å². The lowest BCUT2D eigenvalue weighted by atomic mass is 10.1. The molecule has 2 heterocycles. The average molecular weight is 608 g/mol. The summed E-state index contributed by atoms with van der Waals surface area (Å²) in [6.07, 6.45) is 3.83. The number of thioether (sulfide) groups is 1. The number of halogens is 1. The SMILES string of the molecule is CC(c1ccccc1)N1C(=O)/C(=C/c2cn(-c3ccccc3)nc2-c2cccc(OCc3ccc(Cl)cc3)c2)SC1=S. The molecule has 1 aliphatic heterocycles. The van der Waals surface area contributed by atoms with Gasteiger partial charge in [-0.3, -0.25) is 9.69 Å². The molecule has 5 nitrogen and oxygen atoms in total. The molecule has 1 atom stereocenters. The number of rotatable bonds is 8. The van der Waals surface area contributed by atoms with Crippen LogP contribution < -0.4 is 4.74 Å². The summed E-state index contributed by atoms with van der Waals surface area (Å²) in [5.74, 6) is 0.602. The Morgan fingerprint density at radius 2 is 1.67 bits per heavy atom. The minimum Gasteiger partial charge on any atom is -0.489 e. The molecule has 0 N–H and O–H groups in total. The van der Waals surface area contributed by atoms with Crippen LogP contribution in [0.4, 0.5) is 0 Å². The molecule has 0 radical (unpaired) electrons. The summed E-state index contributed by atoms with van der Waals surface area (Å²) in [6.45, 7) is 2.41. The fourth-order valence-electron chi connectivity index (χ4n) is 4.75. The highest BCUT2D eigenvalue weighted by Gasteiger charge is 2.36. The van der Waals surface area contributed by atoms with E-state index in [4.69, 9.17) is 33.7 Å². The number of amides is 1. The van der Waals surface area contributed by atoms with E-state index < -0.39 is 0 Å². The van der Waals surface area contributed by atoms with Crippen LogP contribution in [0.3, 0.4) is 0 Å². The summed E-state index contributed by atoms with van der Waals surface area (Å²) in [4.78, 5) is 15.9. The summed E-state index contributed by atoms with van der Waals surface area (Å²) in [7, 11) is 0. The molecule has 0 bridgehead atoms. The quantitative estimate of drug-likeness (QED) is 0.130. The highest BCUT2D eigenvalue weighted by molar-refractivity contribution is 8.26. The van der Waals surface area contributed by atoms with Crippen LogP contribution in [-0.4, -0.2) is 24.9 Å². The number of aromatic nitrogens is 2. The molecule has 1 aliphatic rings. The van der Waals surface area contributed by atoms with Gasteiger partial charge in [0.1, 0.15) is 22.4 Å². The number of para-hydroxylation sites is 1. The normalized spacial score (nSPS) is 14.9. The van der Waals surface area contributed by atoms with E-state index in [-0.39, 0.29) is 11.9 Å². The molecule has 208 valence electrons. The predicted molar refractivity (Wildman–Crippen MR) is 175 cm³/mol. The van der Waals surface area contributed by atoms with Gasteiger partial charge in [-0.1, -0.05) is 108 Å². The number of ether oxygens (including phenoxy) is 1. The maximum absolute atomic E-state index is 13.6. The van der Waals surface area contributed by atoms with Crippen LogP contribution in [0.15, 0.2) is 120 Å². The van der Waals surface area contributed by atoms with Gasteiger partial charge in [0.15, 0.2) is 0 Å². The third-order valence-corrected chi connectivity index (χ3v) is 8.55. The molecule has 42 heavy (non-hydrogen) atoms. The van der Waals surface area contributed by atoms with Crippen molar-refractivity contribution < 1.29 is 9.53 Å². The number of hydrogen-bond donors (Lipinski definition) is 0. The van der Waals surface area contributed by atoms with Crippen molar-refractivity contribution >= 4 is 51.9 Å². The second-order valence-electron chi connectivity index (χ2n) is 9.79. The minimum atomic E-state index is -0.175. The first-order chi connectivity index (χ1) is 20.5. The Bertz CT molecular complexity index is 1770. The Balaban J connectivity index is 1.33. The molecule has 5 aromatic rings. The van der Waals surface area contributed by atoms with E-state index in [2.05, 4.69) is 0 Å². The highest BCUT2D eigenvalue weighted by Crippen LogP contribution is 2.39. The van der Waals surface area contributed by atoms with Gasteiger partial charge in [0, 0.05) is 22.3 Å². The molecular formula is C34H26ClN3O2S2. The zero-order chi connectivity index (χ0) is 29.1. The summed E-state index contributed by atoms with van der Waals surface area (Å²) in [5, 5.41) is 5.63. The fourth-order valence-corrected chi connectivity index (χ4v) is 6.28. The highest BCUT2D eigenvalue weighted by atomic mass is 35.5. The molecule has 8 heteroatoms. The molecule has 4 aromatic carbocycles. The van der Waals surface area contributed by atoms with Gasteiger partial charge in [0.2, 0.25) is 0 Å². The van der Waals surface area contributed by atoms with E-state index in [9.17, 15) is 4.79 Å². The monoisotopic (exact) mass is 607 g/mol. The lowest BCUT2D eigenvalue weighted by Crippen LogP contribution is -2.30. The third kappa shape index (κ3) is 6.04. The van der Waals surface area contributed by atoms with E-state index in [0.717, 1.165) is 33.6 Å². The average Bonchev–Trinajstić information content (AvgIpc) is 3.57. The molecule has 0 aliphatic carbocycles. The molecule has 6 rings (SSSR count). The lowest BCUT2D eigenvalue weighted by Gasteiger charge is -2.23. The number of thiocarbonyl (C=S) groups is 1. The van der Waals surface area contributed by atoms with Crippen LogP contribution in [0.1, 0.15) is 29.7 Å². The zero-order valence-electron chi connectivity index (χ0n) is 22.7. The van der Waals surface area contributed by atoms with Gasteiger partial charge in [-0.05, 0) is 60.5 Å². The summed E-state index contributed by atoms with van der Waals surface area (Å²) < 4.78 is 8.47. The maximum Gasteiger partial charge on any atom is 0.266 e. The van der Waals surface area contributed by atoms with Gasteiger partial charge >= 0.3 is 0 Å². The van der Waals surface area contributed by atoms with E-state index in [1.54, 1.807) is 4.90 Å². The van der Waals surface area contributed by atoms with Crippen molar-refractivity contribution in [2.24, 2.45) is 0 Å². The first-order valence-electron chi connectivity index (χ1n) is 13.4. The molecule has 1 unspecified atom stereocenters. The van der Waals surface area contributed by atoms with Crippen molar-refractivity contribution in [3.8, 4) is 22.7 Å². The summed E-state index contributed by atoms with van der Waals surface area (Å²) in [5.41, 5.74) is 5.38. The van der Waals surface area contributed by atoms with Crippen LogP contribution in [0.5, 0.6) is 5.75 Å². The van der Waals surface area contributed by atoms with Gasteiger partial charge in [-0.2, -0.15) is 5.10 Å². The van der Waals surface area contributed by atoms with E-state index in [0.29, 0.717) is 26.6 Å². The number of benzene rings is 4. The van der Waals surface area contributed by atoms with Gasteiger partial charge < -0.3 is 4.74 Å². The van der Waals surface area contributed by atoms with E-state index in [1.165, 1.54) is 11.8 Å². The predicted octanol–water partition coefficient (Wildman–Crippen LogP) is 8.73. The summed E-state index contributed by atoms with van der Waals surface area (Å²) in [6, 6.07) is 35.1. The molecule has 1 aromatic heterocycles. The zero-order valence-corrected chi connectivity index (χ0v) is 25.1. The second kappa shape index (κ2) is 12.4. The van der Waals surface area contributed by atoms with Crippen LogP contribution in [-0.2, 0) is 11.4 Å². The van der Waals surface area contributed by atoms with Crippen molar-refractivity contribution in [1.29, 1.82) is 0 Å². The molecule has 1 fully saturated rings. The standard InChI is InChI=1S/C34H26ClN3O2S2/c1-23(25-9-4-2-5-10-25)38-33(39)31(42-34(38)41)20-27-21-37(29-12-6-3-7-13-29)36-32(27)26-11-8-14-30(19-26)40-22-24-15-17-28(35)18-16-24/h2-21,23H,22H2,1H3/b31-20-. The van der Waals surface area contributed by atoms with E-state index in [1.807, 2.05) is 133 Å².